The van der Waals surface area contributed by atoms with E-state index >= 15 is 0 Å². The number of allylic oxidation sites excluding steroid dienone is 1. The van der Waals surface area contributed by atoms with Gasteiger partial charge in [-0.25, -0.2) is 0 Å². The van der Waals surface area contributed by atoms with Crippen LogP contribution in [-0.4, -0.2) is 16.8 Å². The van der Waals surface area contributed by atoms with Gasteiger partial charge in [-0.3, -0.25) is 5.01 Å². The summed E-state index contributed by atoms with van der Waals surface area (Å²) in [4.78, 5) is 0. The van der Waals surface area contributed by atoms with Gasteiger partial charge in [-0.2, -0.15) is 5.10 Å². The molecule has 1 unspecified atom stereocenters. The monoisotopic (exact) mass is 228 g/mol. The average molecular weight is 228 g/mol. The number of hydrogen-bond acceptors (Lipinski definition) is 2. The molecule has 1 heterocycles. The minimum absolute atomic E-state index is 0.379. The van der Waals surface area contributed by atoms with Crippen LogP contribution in [0.3, 0.4) is 0 Å². The van der Waals surface area contributed by atoms with Crippen molar-refractivity contribution in [3.8, 4) is 0 Å². The third-order valence-electron chi connectivity index (χ3n) is 3.12. The first-order chi connectivity index (χ1) is 8.19. The van der Waals surface area contributed by atoms with Gasteiger partial charge in [-0.15, -0.1) is 0 Å². The topological polar surface area (TPSA) is 15.6 Å². The highest BCUT2D eigenvalue weighted by atomic mass is 15.5. The molecule has 1 aliphatic rings. The van der Waals surface area contributed by atoms with E-state index in [4.69, 9.17) is 0 Å². The highest BCUT2D eigenvalue weighted by Crippen LogP contribution is 2.15. The van der Waals surface area contributed by atoms with Crippen LogP contribution in [0.4, 0.5) is 0 Å². The van der Waals surface area contributed by atoms with E-state index in [9.17, 15) is 0 Å². The molecule has 0 aliphatic carbocycles. The van der Waals surface area contributed by atoms with E-state index in [0.717, 1.165) is 18.7 Å². The third kappa shape index (κ3) is 2.96. The summed E-state index contributed by atoms with van der Waals surface area (Å²) in [6.07, 6.45) is 5.38. The van der Waals surface area contributed by atoms with Gasteiger partial charge in [0.25, 0.3) is 0 Å². The molecule has 2 heteroatoms. The number of rotatable bonds is 3. The second-order valence-electron chi connectivity index (χ2n) is 4.61. The Hall–Kier alpha value is -1.57. The molecule has 1 aromatic rings. The Bertz CT molecular complexity index is 446. The number of nitrogens with zero attached hydrogens (tertiary/aromatic N) is 2. The molecule has 0 spiro atoms. The molecule has 0 saturated heterocycles. The van der Waals surface area contributed by atoms with Crippen molar-refractivity contribution < 1.29 is 0 Å². The average Bonchev–Trinajstić information content (AvgIpc) is 2.34. The van der Waals surface area contributed by atoms with Gasteiger partial charge in [-0.05, 0) is 37.5 Å². The summed E-state index contributed by atoms with van der Waals surface area (Å²) < 4.78 is 0. The number of hydrogen-bond donors (Lipinski definition) is 0. The molecule has 0 fully saturated rings. The Kier molecular flexibility index (Phi) is 3.62. The molecule has 0 bridgehead atoms. The van der Waals surface area contributed by atoms with Gasteiger partial charge in [0.1, 0.15) is 0 Å². The van der Waals surface area contributed by atoms with Crippen LogP contribution in [0.1, 0.15) is 31.9 Å². The van der Waals surface area contributed by atoms with E-state index < -0.39 is 0 Å². The summed E-state index contributed by atoms with van der Waals surface area (Å²) in [5, 5.41) is 6.72. The quantitative estimate of drug-likeness (QED) is 0.774. The lowest BCUT2D eigenvalue weighted by atomic mass is 10.1. The minimum atomic E-state index is 0.379. The van der Waals surface area contributed by atoms with E-state index in [-0.39, 0.29) is 0 Å². The van der Waals surface area contributed by atoms with E-state index in [1.54, 1.807) is 0 Å². The molecular weight excluding hydrogens is 208 g/mol. The van der Waals surface area contributed by atoms with Crippen LogP contribution in [0.25, 0.3) is 0 Å². The number of benzene rings is 1. The van der Waals surface area contributed by atoms with Gasteiger partial charge in [0.15, 0.2) is 0 Å². The lowest BCUT2D eigenvalue weighted by molar-refractivity contribution is 0.241. The zero-order chi connectivity index (χ0) is 12.3. The lowest BCUT2D eigenvalue weighted by Crippen LogP contribution is -2.29. The van der Waals surface area contributed by atoms with Crippen molar-refractivity contribution in [3.05, 3.63) is 47.5 Å². The predicted molar refractivity (Wildman–Crippen MR) is 73.1 cm³/mol. The zero-order valence-corrected chi connectivity index (χ0v) is 10.9. The van der Waals surface area contributed by atoms with Crippen LogP contribution < -0.4 is 0 Å². The molecule has 0 saturated carbocycles. The van der Waals surface area contributed by atoms with Crippen molar-refractivity contribution in [2.24, 2.45) is 5.10 Å². The van der Waals surface area contributed by atoms with Gasteiger partial charge < -0.3 is 0 Å². The summed E-state index contributed by atoms with van der Waals surface area (Å²) in [5.41, 5.74) is 3.81. The van der Waals surface area contributed by atoms with E-state index in [0.29, 0.717) is 6.04 Å². The summed E-state index contributed by atoms with van der Waals surface area (Å²) in [7, 11) is 0. The van der Waals surface area contributed by atoms with Gasteiger partial charge in [-0.1, -0.05) is 37.3 Å². The van der Waals surface area contributed by atoms with Gasteiger partial charge in [0.2, 0.25) is 0 Å². The number of hydrazone groups is 1. The molecule has 1 aliphatic heterocycles. The molecule has 1 atom stereocenters. The third-order valence-corrected chi connectivity index (χ3v) is 3.12. The maximum atomic E-state index is 4.58. The molecular formula is C15H20N2. The van der Waals surface area contributed by atoms with Crippen LogP contribution in [0, 0.1) is 0 Å². The first-order valence-electron chi connectivity index (χ1n) is 6.27. The van der Waals surface area contributed by atoms with Crippen molar-refractivity contribution >= 4 is 5.71 Å². The highest BCUT2D eigenvalue weighted by Gasteiger charge is 2.12. The minimum Gasteiger partial charge on any atom is -0.286 e. The first-order valence-corrected chi connectivity index (χ1v) is 6.27. The first kappa shape index (κ1) is 11.9. The largest absolute Gasteiger partial charge is 0.286 e. The Morgan fingerprint density at radius 2 is 2.06 bits per heavy atom. The fraction of sp³-hybridized carbons (Fsp3) is 0.400. The molecule has 0 radical (unpaired) electrons. The van der Waals surface area contributed by atoms with Crippen LogP contribution in [0.15, 0.2) is 41.5 Å². The predicted octanol–water partition coefficient (Wildman–Crippen LogP) is 3.39. The Balaban J connectivity index is 2.12. The SMILES string of the molecule is CCc1cccc(CN2N=C(C)C=CC2C)c1. The summed E-state index contributed by atoms with van der Waals surface area (Å²) in [5.74, 6) is 0. The molecule has 90 valence electrons. The molecule has 2 rings (SSSR count). The molecule has 2 nitrogen and oxygen atoms in total. The van der Waals surface area contributed by atoms with E-state index in [2.05, 4.69) is 60.4 Å². The Morgan fingerprint density at radius 3 is 2.82 bits per heavy atom. The fourth-order valence-electron chi connectivity index (χ4n) is 2.02. The summed E-state index contributed by atoms with van der Waals surface area (Å²) in [6, 6.07) is 9.14. The summed E-state index contributed by atoms with van der Waals surface area (Å²) in [6.45, 7) is 7.29. The Labute approximate surface area is 104 Å². The molecule has 0 N–H and O–H groups in total. The maximum Gasteiger partial charge on any atom is 0.0630 e. The second kappa shape index (κ2) is 5.17. The Morgan fingerprint density at radius 1 is 1.29 bits per heavy atom. The fourth-order valence-corrected chi connectivity index (χ4v) is 2.02. The van der Waals surface area contributed by atoms with Crippen LogP contribution >= 0.6 is 0 Å². The van der Waals surface area contributed by atoms with Crippen molar-refractivity contribution in [1.82, 2.24) is 5.01 Å². The standard InChI is InChI=1S/C15H20N2/c1-4-14-6-5-7-15(10-14)11-17-13(3)9-8-12(2)16-17/h5-10,13H,4,11H2,1-3H3. The van der Waals surface area contributed by atoms with Crippen LogP contribution in [0.5, 0.6) is 0 Å². The number of aryl methyl sites for hydroxylation is 1. The van der Waals surface area contributed by atoms with Crippen LogP contribution in [-0.2, 0) is 13.0 Å². The lowest BCUT2D eigenvalue weighted by Gasteiger charge is -2.27. The van der Waals surface area contributed by atoms with Crippen molar-refractivity contribution in [2.75, 3.05) is 0 Å². The highest BCUT2D eigenvalue weighted by molar-refractivity contribution is 5.93. The van der Waals surface area contributed by atoms with E-state index in [1.807, 2.05) is 6.92 Å². The second-order valence-corrected chi connectivity index (χ2v) is 4.61. The van der Waals surface area contributed by atoms with Crippen molar-refractivity contribution in [3.63, 3.8) is 0 Å². The molecule has 17 heavy (non-hydrogen) atoms. The van der Waals surface area contributed by atoms with Gasteiger partial charge in [0, 0.05) is 0 Å². The summed E-state index contributed by atoms with van der Waals surface area (Å²) >= 11 is 0. The van der Waals surface area contributed by atoms with Crippen LogP contribution in [0.2, 0.25) is 0 Å². The maximum absolute atomic E-state index is 4.58. The molecule has 0 amide bonds. The van der Waals surface area contributed by atoms with Gasteiger partial charge >= 0.3 is 0 Å². The zero-order valence-electron chi connectivity index (χ0n) is 10.9. The van der Waals surface area contributed by atoms with Gasteiger partial charge in [0.05, 0.1) is 18.3 Å². The molecule has 0 aromatic heterocycles. The normalized spacial score (nSPS) is 19.4. The van der Waals surface area contributed by atoms with Crippen molar-refractivity contribution in [1.29, 1.82) is 0 Å². The van der Waals surface area contributed by atoms with E-state index in [1.165, 1.54) is 11.1 Å². The molecule has 1 aromatic carbocycles. The smallest absolute Gasteiger partial charge is 0.0630 e. The van der Waals surface area contributed by atoms with Crippen molar-refractivity contribution in [2.45, 2.75) is 39.8 Å².